The fraction of sp³-hybridized carbons (Fsp3) is 0.355. The first kappa shape index (κ1) is 28.7. The summed E-state index contributed by atoms with van der Waals surface area (Å²) in [6.45, 7) is 2.82. The number of aryl methyl sites for hydroxylation is 1. The van der Waals surface area contributed by atoms with E-state index in [2.05, 4.69) is 20.0 Å². The number of benzene rings is 2. The van der Waals surface area contributed by atoms with Crippen molar-refractivity contribution >= 4 is 38.5 Å². The van der Waals surface area contributed by atoms with Gasteiger partial charge in [0.1, 0.15) is 5.75 Å². The zero-order valence-corrected chi connectivity index (χ0v) is 24.7. The molecule has 1 saturated heterocycles. The molecule has 1 unspecified atom stereocenters. The molecule has 1 aliphatic heterocycles. The van der Waals surface area contributed by atoms with E-state index in [1.807, 2.05) is 37.3 Å². The third-order valence-electron chi connectivity index (χ3n) is 8.13. The molecule has 6 rings (SSSR count). The molecule has 2 aromatic carbocycles. The summed E-state index contributed by atoms with van der Waals surface area (Å²) in [5, 5.41) is 13.8. The Bertz CT molecular complexity index is 1760. The number of pyridine rings is 1. The van der Waals surface area contributed by atoms with Gasteiger partial charge >= 0.3 is 6.09 Å². The van der Waals surface area contributed by atoms with Crippen molar-refractivity contribution in [1.82, 2.24) is 19.9 Å². The van der Waals surface area contributed by atoms with Gasteiger partial charge in [-0.15, -0.1) is 0 Å². The van der Waals surface area contributed by atoms with E-state index in [4.69, 9.17) is 9.72 Å². The molecule has 4 aromatic rings. The Kier molecular flexibility index (Phi) is 8.02. The first-order chi connectivity index (χ1) is 20.8. The lowest BCUT2D eigenvalue weighted by Gasteiger charge is -2.31. The number of nitrogens with zero attached hydrogens (tertiary/aromatic N) is 4. The van der Waals surface area contributed by atoms with Crippen LogP contribution in [0.25, 0.3) is 22.0 Å². The zero-order valence-electron chi connectivity index (χ0n) is 23.9. The number of amides is 1. The van der Waals surface area contributed by atoms with Crippen molar-refractivity contribution in [2.75, 3.05) is 23.1 Å². The molecule has 224 valence electrons. The largest absolute Gasteiger partial charge is 0.465 e. The van der Waals surface area contributed by atoms with Crippen LogP contribution in [0.1, 0.15) is 44.1 Å². The maximum Gasteiger partial charge on any atom is 0.407 e. The Morgan fingerprint density at radius 2 is 1.81 bits per heavy atom. The van der Waals surface area contributed by atoms with Crippen molar-refractivity contribution in [3.8, 4) is 22.9 Å². The van der Waals surface area contributed by atoms with Gasteiger partial charge in [0.25, 0.3) is 0 Å². The molecule has 2 aliphatic rings. The van der Waals surface area contributed by atoms with E-state index >= 15 is 0 Å². The van der Waals surface area contributed by atoms with Gasteiger partial charge in [-0.25, -0.2) is 28.2 Å². The van der Waals surface area contributed by atoms with Crippen LogP contribution in [0, 0.1) is 6.92 Å². The van der Waals surface area contributed by atoms with Crippen LogP contribution in [-0.2, 0) is 10.0 Å². The second-order valence-corrected chi connectivity index (χ2v) is 13.1. The molecule has 1 atom stereocenters. The number of piperidine rings is 1. The van der Waals surface area contributed by atoms with Crippen LogP contribution >= 0.6 is 0 Å². The van der Waals surface area contributed by atoms with E-state index in [0.717, 1.165) is 42.0 Å². The molecule has 2 fully saturated rings. The van der Waals surface area contributed by atoms with Crippen LogP contribution in [0.15, 0.2) is 60.9 Å². The SMILES string of the molecule is Cc1ccc2c(NS(=O)(=O)C3CCCC3)cccc2c1Oc1ncccc1-c1ccnc(NC2CCCN(C(=O)O)C2)n1. The highest BCUT2D eigenvalue weighted by Crippen LogP contribution is 2.39. The minimum atomic E-state index is -3.51. The van der Waals surface area contributed by atoms with E-state index in [1.54, 1.807) is 30.6 Å². The summed E-state index contributed by atoms with van der Waals surface area (Å²) < 4.78 is 35.5. The predicted molar refractivity (Wildman–Crippen MR) is 165 cm³/mol. The number of rotatable bonds is 8. The van der Waals surface area contributed by atoms with Crippen LogP contribution in [0.5, 0.6) is 11.6 Å². The monoisotopic (exact) mass is 602 g/mol. The number of likely N-dealkylation sites (tertiary alicyclic amines) is 1. The summed E-state index contributed by atoms with van der Waals surface area (Å²) in [6.07, 6.45) is 7.15. The molecule has 0 radical (unpaired) electrons. The molecule has 43 heavy (non-hydrogen) atoms. The molecule has 0 spiro atoms. The number of nitrogens with one attached hydrogen (secondary N) is 2. The van der Waals surface area contributed by atoms with Crippen LogP contribution in [-0.4, -0.2) is 63.9 Å². The first-order valence-corrected chi connectivity index (χ1v) is 16.1. The average molecular weight is 603 g/mol. The van der Waals surface area contributed by atoms with Crippen LogP contribution in [0.4, 0.5) is 16.4 Å². The van der Waals surface area contributed by atoms with Crippen molar-refractivity contribution in [3.63, 3.8) is 0 Å². The van der Waals surface area contributed by atoms with Crippen molar-refractivity contribution < 1.29 is 23.1 Å². The third-order valence-corrected chi connectivity index (χ3v) is 9.98. The number of sulfonamides is 1. The molecule has 11 nitrogen and oxygen atoms in total. The smallest absolute Gasteiger partial charge is 0.407 e. The van der Waals surface area contributed by atoms with E-state index < -0.39 is 16.1 Å². The van der Waals surface area contributed by atoms with E-state index in [9.17, 15) is 18.3 Å². The minimum Gasteiger partial charge on any atom is -0.465 e. The van der Waals surface area contributed by atoms with Crippen molar-refractivity contribution in [2.24, 2.45) is 0 Å². The summed E-state index contributed by atoms with van der Waals surface area (Å²) in [5.41, 5.74) is 2.63. The summed E-state index contributed by atoms with van der Waals surface area (Å²) in [6, 6.07) is 14.7. The van der Waals surface area contributed by atoms with Gasteiger partial charge in [0, 0.05) is 42.3 Å². The number of carbonyl (C=O) groups is 1. The minimum absolute atomic E-state index is 0.0941. The number of ether oxygens (including phenoxy) is 1. The standard InChI is InChI=1S/C31H34N6O5S/c1-20-13-14-23-24(10-4-12-27(23)36-43(40,41)22-8-2-3-9-22)28(20)42-29-25(11-5-16-32-29)26-15-17-33-30(35-26)34-21-7-6-18-37(19-21)31(38)39/h4-5,10-17,21-22,36H,2-3,6-9,18-19H2,1H3,(H,38,39)(H,33,34,35). The summed E-state index contributed by atoms with van der Waals surface area (Å²) in [5.74, 6) is 1.31. The molecule has 0 bridgehead atoms. The molecule has 2 aromatic heterocycles. The maximum atomic E-state index is 13.1. The fourth-order valence-electron chi connectivity index (χ4n) is 5.89. The van der Waals surface area contributed by atoms with Gasteiger partial charge in [-0.3, -0.25) is 4.72 Å². The van der Waals surface area contributed by atoms with E-state index in [1.165, 1.54) is 4.90 Å². The molecular formula is C31H34N6O5S. The highest BCUT2D eigenvalue weighted by atomic mass is 32.2. The molecular weight excluding hydrogens is 568 g/mol. The highest BCUT2D eigenvalue weighted by molar-refractivity contribution is 7.93. The van der Waals surface area contributed by atoms with E-state index in [-0.39, 0.29) is 11.3 Å². The Balaban J connectivity index is 1.29. The number of anilines is 2. The molecule has 1 aliphatic carbocycles. The van der Waals surface area contributed by atoms with Gasteiger partial charge in [-0.2, -0.15) is 0 Å². The Hall–Kier alpha value is -4.45. The Morgan fingerprint density at radius 3 is 2.63 bits per heavy atom. The Morgan fingerprint density at radius 1 is 0.977 bits per heavy atom. The molecule has 3 N–H and O–H groups in total. The number of aromatic nitrogens is 3. The number of carboxylic acid groups (broad SMARTS) is 1. The van der Waals surface area contributed by atoms with Gasteiger partial charge in [0.05, 0.1) is 22.2 Å². The second-order valence-electron chi connectivity index (χ2n) is 11.1. The number of fused-ring (bicyclic) bond motifs is 1. The number of hydrogen-bond acceptors (Lipinski definition) is 8. The predicted octanol–water partition coefficient (Wildman–Crippen LogP) is 6.03. The molecule has 1 amide bonds. The van der Waals surface area contributed by atoms with Crippen LogP contribution < -0.4 is 14.8 Å². The third kappa shape index (κ3) is 6.19. The maximum absolute atomic E-state index is 13.1. The quantitative estimate of drug-likeness (QED) is 0.220. The van der Waals surface area contributed by atoms with Gasteiger partial charge in [0.2, 0.25) is 21.9 Å². The normalized spacial score (nSPS) is 17.6. The lowest BCUT2D eigenvalue weighted by molar-refractivity contribution is 0.132. The highest BCUT2D eigenvalue weighted by Gasteiger charge is 2.29. The van der Waals surface area contributed by atoms with Crippen LogP contribution in [0.3, 0.4) is 0 Å². The van der Waals surface area contributed by atoms with Crippen molar-refractivity contribution in [3.05, 3.63) is 66.5 Å². The number of hydrogen-bond donors (Lipinski definition) is 3. The van der Waals surface area contributed by atoms with Crippen molar-refractivity contribution in [2.45, 2.75) is 56.7 Å². The van der Waals surface area contributed by atoms with Gasteiger partial charge < -0.3 is 20.1 Å². The lowest BCUT2D eigenvalue weighted by atomic mass is 10.0. The first-order valence-electron chi connectivity index (χ1n) is 14.5. The second kappa shape index (κ2) is 12.0. The fourth-order valence-corrected chi connectivity index (χ4v) is 7.50. The molecule has 12 heteroatoms. The Labute approximate surface area is 250 Å². The van der Waals surface area contributed by atoms with Crippen molar-refractivity contribution in [1.29, 1.82) is 0 Å². The molecule has 3 heterocycles. The summed E-state index contributed by atoms with van der Waals surface area (Å²) in [4.78, 5) is 26.4. The van der Waals surface area contributed by atoms with Crippen LogP contribution in [0.2, 0.25) is 0 Å². The van der Waals surface area contributed by atoms with Gasteiger partial charge in [-0.1, -0.05) is 37.1 Å². The zero-order chi connectivity index (χ0) is 30.0. The van der Waals surface area contributed by atoms with Gasteiger partial charge in [-0.05, 0) is 62.4 Å². The lowest BCUT2D eigenvalue weighted by Crippen LogP contribution is -2.44. The average Bonchev–Trinajstić information content (AvgIpc) is 3.56. The topological polar surface area (TPSA) is 147 Å². The van der Waals surface area contributed by atoms with Gasteiger partial charge in [0.15, 0.2) is 0 Å². The summed E-state index contributed by atoms with van der Waals surface area (Å²) >= 11 is 0. The molecule has 1 saturated carbocycles. The van der Waals surface area contributed by atoms with E-state index in [0.29, 0.717) is 60.5 Å². The summed E-state index contributed by atoms with van der Waals surface area (Å²) in [7, 11) is -3.51.